The number of halogens is 1. The summed E-state index contributed by atoms with van der Waals surface area (Å²) in [6, 6.07) is -11.7. The number of aliphatic carboxylic acids is 2. The average Bonchev–Trinajstić information content (AvgIpc) is 3.85. The van der Waals surface area contributed by atoms with Gasteiger partial charge in [-0.15, -0.1) is 5.10 Å². The molecule has 0 spiro atoms. The molecule has 0 aromatic carbocycles. The van der Waals surface area contributed by atoms with Crippen LogP contribution in [-0.4, -0.2) is 178 Å². The second-order valence-electron chi connectivity index (χ2n) is 19.4. The van der Waals surface area contributed by atoms with E-state index in [-0.39, 0.29) is 64.6 Å². The lowest BCUT2D eigenvalue weighted by molar-refractivity contribution is -0.141. The number of hydrogen-bond acceptors (Lipinski definition) is 18. The minimum atomic E-state index is -1.81. The third kappa shape index (κ3) is 28.6. The predicted molar refractivity (Wildman–Crippen MR) is 285 cm³/mol. The van der Waals surface area contributed by atoms with Crippen molar-refractivity contribution in [1.29, 1.82) is 0 Å². The first kappa shape index (κ1) is 70.8. The number of amides is 9. The number of carboxylic acids is 2. The molecule has 1 aromatic rings. The minimum Gasteiger partial charge on any atom is -0.481 e. The molecule has 1 rings (SSSR count). The van der Waals surface area contributed by atoms with Gasteiger partial charge in [0.05, 0.1) is 18.8 Å². The molecular formula is C49H85FN16O14. The number of carbonyl (C=O) groups is 12. The van der Waals surface area contributed by atoms with Gasteiger partial charge in [0.25, 0.3) is 0 Å². The highest BCUT2D eigenvalue weighted by atomic mass is 19.1. The minimum absolute atomic E-state index is 0.0291. The van der Waals surface area contributed by atoms with Crippen molar-refractivity contribution >= 4 is 71.4 Å². The number of carbonyl (C=O) groups excluding carboxylic acids is 10. The van der Waals surface area contributed by atoms with Crippen molar-refractivity contribution in [2.75, 3.05) is 32.9 Å². The van der Waals surface area contributed by atoms with E-state index in [1.807, 2.05) is 0 Å². The molecule has 452 valence electrons. The van der Waals surface area contributed by atoms with Crippen LogP contribution in [-0.2, 0) is 70.5 Å². The van der Waals surface area contributed by atoms with Gasteiger partial charge >= 0.3 is 11.9 Å². The number of primary amides is 1. The molecule has 30 nitrogen and oxygen atoms in total. The monoisotopic (exact) mass is 1140 g/mol. The maximum atomic E-state index is 14.2. The van der Waals surface area contributed by atoms with Crippen molar-refractivity contribution in [3.63, 3.8) is 0 Å². The van der Waals surface area contributed by atoms with E-state index < -0.39 is 158 Å². The van der Waals surface area contributed by atoms with Gasteiger partial charge in [-0.1, -0.05) is 19.1 Å². The van der Waals surface area contributed by atoms with Crippen molar-refractivity contribution in [1.82, 2.24) is 57.5 Å². The molecule has 0 bridgehead atoms. The topological polar surface area (TPSA) is 502 Å². The van der Waals surface area contributed by atoms with E-state index in [1.54, 1.807) is 0 Å². The van der Waals surface area contributed by atoms with Gasteiger partial charge in [-0.2, -0.15) is 0 Å². The lowest BCUT2D eigenvalue weighted by Crippen LogP contribution is -2.61. The summed E-state index contributed by atoms with van der Waals surface area (Å²) in [4.78, 5) is 158. The Morgan fingerprint density at radius 3 is 1.38 bits per heavy atom. The van der Waals surface area contributed by atoms with Gasteiger partial charge in [0.1, 0.15) is 61.2 Å². The van der Waals surface area contributed by atoms with Crippen molar-refractivity contribution in [2.45, 2.75) is 184 Å². The zero-order valence-corrected chi connectivity index (χ0v) is 45.7. The molecule has 1 heterocycles. The van der Waals surface area contributed by atoms with E-state index in [4.69, 9.17) is 28.7 Å². The Morgan fingerprint density at radius 2 is 0.963 bits per heavy atom. The zero-order chi connectivity index (χ0) is 60.2. The Morgan fingerprint density at radius 1 is 0.550 bits per heavy atom. The molecule has 1 aromatic heterocycles. The standard InChI is InChI=1S/C49H85FN16O14/c1-29(2)41(63-47(78)35(17-18-39(69)70)61-48(79)37(26-40(71)72)56-38(68)28-66-27-30(64-65-66)12-11-20-50)49(80)62-36(19-25-67)46(77)60-34(16-6-10-24-54)45(76)59-33(15-5-9-23-53)44(75)58-32(14-4-8-22-52)43(74)57-31(42(55)73)13-3-7-21-51/h25,27,29,31-37,41H,3-24,26,28,51-54H2,1-2H3,(H2,55,73)(H,56,68)(H,57,74)(H,58,75)(H,59,76)(H,60,77)(H,61,79)(H,62,80)(H,63,78)(H,69,70)(H,71,72)/t31-,32-,33-,34-,35-,36?,37-,41-/m0/s1. The largest absolute Gasteiger partial charge is 0.481 e. The van der Waals surface area contributed by atoms with Crippen LogP contribution >= 0.6 is 0 Å². The van der Waals surface area contributed by atoms with E-state index in [0.717, 1.165) is 4.68 Å². The summed E-state index contributed by atoms with van der Waals surface area (Å²) in [5.41, 5.74) is 28.6. The Labute approximate surface area is 463 Å². The molecule has 0 fully saturated rings. The van der Waals surface area contributed by atoms with Crippen molar-refractivity contribution in [3.05, 3.63) is 11.9 Å². The second kappa shape index (κ2) is 40.0. The number of alkyl halides is 1. The van der Waals surface area contributed by atoms with Crippen molar-refractivity contribution in [3.8, 4) is 0 Å². The number of aromatic nitrogens is 3. The van der Waals surface area contributed by atoms with Crippen LogP contribution < -0.4 is 71.2 Å². The van der Waals surface area contributed by atoms with Crippen LogP contribution in [0.4, 0.5) is 4.39 Å². The Balaban J connectivity index is 3.42. The van der Waals surface area contributed by atoms with Crippen LogP contribution in [0.25, 0.3) is 0 Å². The third-order valence-corrected chi connectivity index (χ3v) is 12.3. The number of carboxylic acid groups (broad SMARTS) is 2. The van der Waals surface area contributed by atoms with E-state index in [9.17, 15) is 72.1 Å². The SMILES string of the molecule is CC(C)[C@H](NC(=O)[C@H](CCC(=O)O)NC(=O)[C@H](CC(=O)O)NC(=O)Cn1cc(CCCF)nn1)C(=O)NC(CC=O)C(=O)N[C@@H](CCCCN)C(=O)N[C@@H](CCCCN)C(=O)N[C@@H](CCCCN)C(=O)N[C@@H](CCCCN)C(N)=O. The molecule has 0 aliphatic rings. The summed E-state index contributed by atoms with van der Waals surface area (Å²) in [6.07, 6.45) is 2.75. The van der Waals surface area contributed by atoms with E-state index in [0.29, 0.717) is 63.5 Å². The van der Waals surface area contributed by atoms with Crippen LogP contribution in [0.5, 0.6) is 0 Å². The number of nitrogens with two attached hydrogens (primary N) is 5. The second-order valence-corrected chi connectivity index (χ2v) is 19.4. The molecule has 20 N–H and O–H groups in total. The van der Waals surface area contributed by atoms with Gasteiger partial charge in [0, 0.05) is 19.0 Å². The number of aldehydes is 1. The third-order valence-electron chi connectivity index (χ3n) is 12.3. The number of unbranched alkanes of at least 4 members (excludes halogenated alkanes) is 4. The quantitative estimate of drug-likeness (QED) is 0.0217. The molecule has 9 amide bonds. The summed E-state index contributed by atoms with van der Waals surface area (Å²) in [5, 5.41) is 46.3. The lowest BCUT2D eigenvalue weighted by Gasteiger charge is -2.28. The highest BCUT2D eigenvalue weighted by Crippen LogP contribution is 2.12. The smallest absolute Gasteiger partial charge is 0.305 e. The van der Waals surface area contributed by atoms with Gasteiger partial charge in [-0.05, 0) is 128 Å². The van der Waals surface area contributed by atoms with E-state index in [2.05, 4.69) is 52.8 Å². The van der Waals surface area contributed by atoms with Gasteiger partial charge < -0.3 is 86.2 Å². The molecule has 8 atom stereocenters. The highest BCUT2D eigenvalue weighted by molar-refractivity contribution is 5.99. The molecule has 0 aliphatic carbocycles. The number of aryl methyl sites for hydroxylation is 1. The lowest BCUT2D eigenvalue weighted by atomic mass is 10.0. The molecule has 0 aliphatic heterocycles. The van der Waals surface area contributed by atoms with Crippen LogP contribution in [0.15, 0.2) is 6.20 Å². The summed E-state index contributed by atoms with van der Waals surface area (Å²) in [6.45, 7) is 2.89. The molecule has 0 saturated carbocycles. The zero-order valence-electron chi connectivity index (χ0n) is 45.7. The highest BCUT2D eigenvalue weighted by Gasteiger charge is 2.36. The van der Waals surface area contributed by atoms with Crippen LogP contribution in [0, 0.1) is 5.92 Å². The number of nitrogens with zero attached hydrogens (tertiary/aromatic N) is 3. The van der Waals surface area contributed by atoms with Gasteiger partial charge in [-0.3, -0.25) is 57.1 Å². The Kier molecular flexibility index (Phi) is 35.4. The van der Waals surface area contributed by atoms with Crippen molar-refractivity contribution in [2.24, 2.45) is 34.6 Å². The maximum Gasteiger partial charge on any atom is 0.305 e. The molecule has 1 unspecified atom stereocenters. The summed E-state index contributed by atoms with van der Waals surface area (Å²) in [5.74, 6) is -12.2. The van der Waals surface area contributed by atoms with Gasteiger partial charge in [0.2, 0.25) is 53.2 Å². The Bertz CT molecular complexity index is 2170. The molecule has 31 heteroatoms. The van der Waals surface area contributed by atoms with Crippen LogP contribution in [0.1, 0.15) is 129 Å². The average molecular weight is 1140 g/mol. The number of nitrogens with one attached hydrogen (secondary N) is 8. The molecular weight excluding hydrogens is 1060 g/mol. The summed E-state index contributed by atoms with van der Waals surface area (Å²) < 4.78 is 13.7. The molecule has 80 heavy (non-hydrogen) atoms. The van der Waals surface area contributed by atoms with E-state index in [1.165, 1.54) is 20.0 Å². The fourth-order valence-electron chi connectivity index (χ4n) is 7.89. The van der Waals surface area contributed by atoms with E-state index >= 15 is 0 Å². The van der Waals surface area contributed by atoms with Crippen LogP contribution in [0.2, 0.25) is 0 Å². The molecule has 0 saturated heterocycles. The van der Waals surface area contributed by atoms with Crippen molar-refractivity contribution < 1.29 is 72.1 Å². The fraction of sp³-hybridized carbons (Fsp3) is 0.714. The molecule has 0 radical (unpaired) electrons. The number of hydrogen-bond donors (Lipinski definition) is 15. The maximum absolute atomic E-state index is 14.2. The first-order chi connectivity index (χ1) is 38.0. The van der Waals surface area contributed by atoms with Gasteiger partial charge in [0.15, 0.2) is 0 Å². The fourth-order valence-corrected chi connectivity index (χ4v) is 7.89. The van der Waals surface area contributed by atoms with Gasteiger partial charge in [-0.25, -0.2) is 4.68 Å². The summed E-state index contributed by atoms with van der Waals surface area (Å²) >= 11 is 0. The Hall–Kier alpha value is -7.25. The van der Waals surface area contributed by atoms with Crippen LogP contribution in [0.3, 0.4) is 0 Å². The normalized spacial score (nSPS) is 14.1. The first-order valence-electron chi connectivity index (χ1n) is 26.9. The first-order valence-corrected chi connectivity index (χ1v) is 26.9. The number of rotatable bonds is 45. The summed E-state index contributed by atoms with van der Waals surface area (Å²) in [7, 11) is 0. The predicted octanol–water partition coefficient (Wildman–Crippen LogP) is -4.36.